The van der Waals surface area contributed by atoms with Crippen LogP contribution in [-0.4, -0.2) is 6.67 Å². The van der Waals surface area contributed by atoms with Crippen molar-refractivity contribution in [2.75, 3.05) is 6.67 Å². The standard InChI is InChI=1S/C28H23F/c29-22-28(25-17-9-3-10-18-25,26-19-11-4-12-20-26)21-27(23-13-5-1-6-14-23)24-15-7-2-8-16-24/h1-21H,22H2. The summed E-state index contributed by atoms with van der Waals surface area (Å²) >= 11 is 0. The Hall–Kier alpha value is -3.45. The molecule has 0 spiro atoms. The quantitative estimate of drug-likeness (QED) is 0.336. The van der Waals surface area contributed by atoms with Crippen LogP contribution in [0.3, 0.4) is 0 Å². The van der Waals surface area contributed by atoms with Crippen molar-refractivity contribution < 1.29 is 4.39 Å². The van der Waals surface area contributed by atoms with Gasteiger partial charge >= 0.3 is 0 Å². The summed E-state index contributed by atoms with van der Waals surface area (Å²) in [6.45, 7) is -0.524. The monoisotopic (exact) mass is 378 g/mol. The Balaban J connectivity index is 2.01. The van der Waals surface area contributed by atoms with Crippen LogP contribution in [-0.2, 0) is 5.41 Å². The molecule has 0 aromatic heterocycles. The smallest absolute Gasteiger partial charge is 0.107 e. The number of hydrogen-bond donors (Lipinski definition) is 0. The van der Waals surface area contributed by atoms with Gasteiger partial charge in [-0.25, -0.2) is 4.39 Å². The van der Waals surface area contributed by atoms with Gasteiger partial charge in [0.25, 0.3) is 0 Å². The second kappa shape index (κ2) is 8.70. The van der Waals surface area contributed by atoms with Crippen molar-refractivity contribution in [3.8, 4) is 0 Å². The molecule has 142 valence electrons. The van der Waals surface area contributed by atoms with Gasteiger partial charge < -0.3 is 0 Å². The molecule has 0 bridgehead atoms. The van der Waals surface area contributed by atoms with Crippen molar-refractivity contribution in [1.82, 2.24) is 0 Å². The van der Waals surface area contributed by atoms with Gasteiger partial charge in [0, 0.05) is 0 Å². The van der Waals surface area contributed by atoms with Crippen LogP contribution in [0.4, 0.5) is 4.39 Å². The molecule has 0 N–H and O–H groups in total. The lowest BCUT2D eigenvalue weighted by Crippen LogP contribution is -2.28. The Bertz CT molecular complexity index is 971. The van der Waals surface area contributed by atoms with E-state index < -0.39 is 12.1 Å². The highest BCUT2D eigenvalue weighted by atomic mass is 19.1. The van der Waals surface area contributed by atoms with Gasteiger partial charge in [-0.1, -0.05) is 127 Å². The number of halogens is 1. The highest BCUT2D eigenvalue weighted by Gasteiger charge is 2.33. The van der Waals surface area contributed by atoms with E-state index in [2.05, 4.69) is 30.3 Å². The molecule has 4 rings (SSSR count). The summed E-state index contributed by atoms with van der Waals surface area (Å²) < 4.78 is 15.0. The van der Waals surface area contributed by atoms with Crippen LogP contribution >= 0.6 is 0 Å². The zero-order valence-electron chi connectivity index (χ0n) is 16.2. The van der Waals surface area contributed by atoms with Gasteiger partial charge in [0.15, 0.2) is 0 Å². The van der Waals surface area contributed by atoms with Crippen LogP contribution in [0.15, 0.2) is 127 Å². The van der Waals surface area contributed by atoms with Crippen LogP contribution in [0, 0.1) is 0 Å². The molecule has 0 atom stereocenters. The molecule has 0 saturated heterocycles. The molecule has 1 heteroatoms. The lowest BCUT2D eigenvalue weighted by Gasteiger charge is -2.31. The Kier molecular flexibility index (Phi) is 5.67. The second-order valence-electron chi connectivity index (χ2n) is 7.13. The first-order chi connectivity index (χ1) is 14.3. The second-order valence-corrected chi connectivity index (χ2v) is 7.13. The molecule has 4 aromatic carbocycles. The summed E-state index contributed by atoms with van der Waals surface area (Å²) in [6.07, 6.45) is 2.10. The van der Waals surface area contributed by atoms with E-state index in [9.17, 15) is 0 Å². The van der Waals surface area contributed by atoms with E-state index in [0.717, 1.165) is 27.8 Å². The lowest BCUT2D eigenvalue weighted by atomic mass is 9.73. The van der Waals surface area contributed by atoms with Crippen molar-refractivity contribution >= 4 is 5.57 Å². The van der Waals surface area contributed by atoms with Crippen molar-refractivity contribution in [3.05, 3.63) is 150 Å². The van der Waals surface area contributed by atoms with Crippen LogP contribution < -0.4 is 0 Å². The Morgan fingerprint density at radius 3 is 1.24 bits per heavy atom. The van der Waals surface area contributed by atoms with E-state index in [1.165, 1.54) is 0 Å². The van der Waals surface area contributed by atoms with Gasteiger partial charge in [-0.15, -0.1) is 0 Å². The van der Waals surface area contributed by atoms with Gasteiger partial charge in [-0.3, -0.25) is 0 Å². The third-order valence-electron chi connectivity index (χ3n) is 5.35. The maximum Gasteiger partial charge on any atom is 0.107 e. The van der Waals surface area contributed by atoms with Crippen molar-refractivity contribution in [2.45, 2.75) is 5.41 Å². The van der Waals surface area contributed by atoms with E-state index in [1.807, 2.05) is 97.1 Å². The first kappa shape index (κ1) is 18.9. The van der Waals surface area contributed by atoms with Crippen LogP contribution in [0.2, 0.25) is 0 Å². The first-order valence-corrected chi connectivity index (χ1v) is 9.84. The highest BCUT2D eigenvalue weighted by molar-refractivity contribution is 5.81. The minimum absolute atomic E-state index is 0.524. The van der Waals surface area contributed by atoms with Crippen molar-refractivity contribution in [3.63, 3.8) is 0 Å². The van der Waals surface area contributed by atoms with Gasteiger partial charge in [0.2, 0.25) is 0 Å². The minimum atomic E-state index is -0.871. The van der Waals surface area contributed by atoms with Gasteiger partial charge in [0.05, 0.1) is 5.41 Å². The third-order valence-corrected chi connectivity index (χ3v) is 5.35. The molecule has 0 nitrogen and oxygen atoms in total. The van der Waals surface area contributed by atoms with E-state index in [-0.39, 0.29) is 0 Å². The maximum absolute atomic E-state index is 15.0. The zero-order chi connectivity index (χ0) is 19.9. The van der Waals surface area contributed by atoms with Gasteiger partial charge in [-0.05, 0) is 27.8 Å². The summed E-state index contributed by atoms with van der Waals surface area (Å²) in [6, 6.07) is 40.3. The molecule has 0 heterocycles. The minimum Gasteiger partial charge on any atom is -0.249 e. The van der Waals surface area contributed by atoms with Crippen LogP contribution in [0.1, 0.15) is 22.3 Å². The molecule has 0 fully saturated rings. The molecule has 0 aliphatic carbocycles. The molecular weight excluding hydrogens is 355 g/mol. The molecule has 0 saturated carbocycles. The fraction of sp³-hybridized carbons (Fsp3) is 0.0714. The molecule has 0 unspecified atom stereocenters. The topological polar surface area (TPSA) is 0 Å². The Morgan fingerprint density at radius 1 is 0.552 bits per heavy atom. The molecule has 4 aromatic rings. The van der Waals surface area contributed by atoms with E-state index >= 15 is 4.39 Å². The number of benzene rings is 4. The largest absolute Gasteiger partial charge is 0.249 e. The Labute approximate surface area is 172 Å². The fourth-order valence-electron chi connectivity index (χ4n) is 3.81. The SMILES string of the molecule is FCC(C=C(c1ccccc1)c1ccccc1)(c1ccccc1)c1ccccc1. The normalized spacial score (nSPS) is 11.1. The summed E-state index contributed by atoms with van der Waals surface area (Å²) in [5.74, 6) is 0. The number of rotatable bonds is 6. The summed E-state index contributed by atoms with van der Waals surface area (Å²) in [4.78, 5) is 0. The van der Waals surface area contributed by atoms with Gasteiger partial charge in [-0.2, -0.15) is 0 Å². The highest BCUT2D eigenvalue weighted by Crippen LogP contribution is 2.38. The molecule has 0 aliphatic rings. The van der Waals surface area contributed by atoms with E-state index in [1.54, 1.807) is 0 Å². The van der Waals surface area contributed by atoms with Crippen LogP contribution in [0.5, 0.6) is 0 Å². The predicted molar refractivity (Wildman–Crippen MR) is 120 cm³/mol. The number of hydrogen-bond acceptors (Lipinski definition) is 0. The lowest BCUT2D eigenvalue weighted by molar-refractivity contribution is 0.403. The summed E-state index contributed by atoms with van der Waals surface area (Å²) in [5.41, 5.74) is 4.18. The molecular formula is C28H23F. The zero-order valence-corrected chi connectivity index (χ0v) is 16.2. The maximum atomic E-state index is 15.0. The number of alkyl halides is 1. The third kappa shape index (κ3) is 3.90. The average molecular weight is 378 g/mol. The van der Waals surface area contributed by atoms with Crippen molar-refractivity contribution in [1.29, 1.82) is 0 Å². The fourth-order valence-corrected chi connectivity index (χ4v) is 3.81. The van der Waals surface area contributed by atoms with Crippen LogP contribution in [0.25, 0.3) is 5.57 Å². The summed E-state index contributed by atoms with van der Waals surface area (Å²) in [7, 11) is 0. The summed E-state index contributed by atoms with van der Waals surface area (Å²) in [5, 5.41) is 0. The number of allylic oxidation sites excluding steroid dienone is 1. The Morgan fingerprint density at radius 2 is 0.897 bits per heavy atom. The van der Waals surface area contributed by atoms with Crippen molar-refractivity contribution in [2.24, 2.45) is 0 Å². The molecule has 0 amide bonds. The molecule has 0 aliphatic heterocycles. The van der Waals surface area contributed by atoms with E-state index in [0.29, 0.717) is 0 Å². The molecule has 0 radical (unpaired) electrons. The predicted octanol–water partition coefficient (Wildman–Crippen LogP) is 7.07. The van der Waals surface area contributed by atoms with Gasteiger partial charge in [0.1, 0.15) is 6.67 Å². The van der Waals surface area contributed by atoms with E-state index in [4.69, 9.17) is 0 Å². The average Bonchev–Trinajstić information content (AvgIpc) is 2.82. The first-order valence-electron chi connectivity index (χ1n) is 9.84. The molecule has 29 heavy (non-hydrogen) atoms.